The number of benzene rings is 4. The number of hydrogen-bond acceptors (Lipinski definition) is 9. The average Bonchev–Trinajstić information content (AvgIpc) is 3.76. The summed E-state index contributed by atoms with van der Waals surface area (Å²) in [6.45, 7) is 2.14. The first kappa shape index (κ1) is 36.3. The largest absolute Gasteiger partial charge is 0.493 e. The Morgan fingerprint density at radius 1 is 0.942 bits per heavy atom. The number of amides is 2. The normalized spacial score (nSPS) is 14.4. The third kappa shape index (κ3) is 9.43. The lowest BCUT2D eigenvalue weighted by Crippen LogP contribution is -2.28. The summed E-state index contributed by atoms with van der Waals surface area (Å²) in [6, 6.07) is 28.8. The van der Waals surface area contributed by atoms with E-state index < -0.39 is 0 Å². The van der Waals surface area contributed by atoms with Crippen molar-refractivity contribution in [1.82, 2.24) is 4.90 Å². The van der Waals surface area contributed by atoms with E-state index in [1.165, 1.54) is 4.90 Å². The zero-order chi connectivity index (χ0) is 36.5. The first-order chi connectivity index (χ1) is 25.2. The molecular weight excluding hydrogens is 723 g/mol. The van der Waals surface area contributed by atoms with Gasteiger partial charge in [0.05, 0.1) is 31.0 Å². The van der Waals surface area contributed by atoms with Gasteiger partial charge in [-0.3, -0.25) is 14.5 Å². The number of nitrogens with one attached hydrogen (secondary N) is 1. The van der Waals surface area contributed by atoms with Crippen LogP contribution in [0.5, 0.6) is 17.2 Å². The van der Waals surface area contributed by atoms with Gasteiger partial charge >= 0.3 is 0 Å². The van der Waals surface area contributed by atoms with Gasteiger partial charge in [-0.2, -0.15) is 5.10 Å². The Hall–Kier alpha value is -5.49. The maximum Gasteiger partial charge on any atom is 0.267 e. The van der Waals surface area contributed by atoms with Crippen molar-refractivity contribution in [3.63, 3.8) is 0 Å². The summed E-state index contributed by atoms with van der Waals surface area (Å²) in [6.07, 6.45) is 4.81. The Morgan fingerprint density at radius 3 is 2.54 bits per heavy atom. The first-order valence-electron chi connectivity index (χ1n) is 15.9. The number of carbonyl (C=O) groups excluding carboxylic acids is 2. The van der Waals surface area contributed by atoms with Gasteiger partial charge in [0.2, 0.25) is 0 Å². The molecule has 0 unspecified atom stereocenters. The summed E-state index contributed by atoms with van der Waals surface area (Å²) in [5, 5.41) is 12.9. The third-order valence-corrected chi connectivity index (χ3v) is 9.20. The number of aryl methyl sites for hydroxylation is 1. The number of methoxy groups -OCH3 is 1. The Labute approximate surface area is 314 Å². The van der Waals surface area contributed by atoms with Crippen LogP contribution in [0.4, 0.5) is 5.69 Å². The molecule has 1 N–H and O–H groups in total. The lowest BCUT2D eigenvalue weighted by atomic mass is 10.2. The molecular formula is C39H32Cl2N4O6S. The minimum Gasteiger partial charge on any atom is -0.493 e. The number of nitrogens with zero attached hydrogens (tertiary/aromatic N) is 3. The number of halogens is 2. The van der Waals surface area contributed by atoms with Crippen molar-refractivity contribution < 1.29 is 28.2 Å². The Bertz CT molecular complexity index is 2150. The number of para-hydroxylation sites is 1. The number of rotatable bonds is 13. The van der Waals surface area contributed by atoms with Crippen LogP contribution in [0.3, 0.4) is 0 Å². The number of ether oxygens (including phenoxy) is 3. The van der Waals surface area contributed by atoms with Crippen LogP contribution >= 0.6 is 35.0 Å². The van der Waals surface area contributed by atoms with Crippen LogP contribution < -0.4 is 19.5 Å². The fourth-order valence-electron chi connectivity index (χ4n) is 4.95. The van der Waals surface area contributed by atoms with Crippen LogP contribution in [-0.4, -0.2) is 41.8 Å². The summed E-state index contributed by atoms with van der Waals surface area (Å²) in [5.74, 6) is 1.44. The molecule has 52 heavy (non-hydrogen) atoms. The van der Waals surface area contributed by atoms with Gasteiger partial charge < -0.3 is 23.9 Å². The number of anilines is 1. The summed E-state index contributed by atoms with van der Waals surface area (Å²) in [5.41, 5.74) is 3.86. The van der Waals surface area contributed by atoms with Crippen LogP contribution in [0, 0.1) is 6.92 Å². The molecule has 0 saturated carbocycles. The second kappa shape index (κ2) is 17.1. The van der Waals surface area contributed by atoms with Crippen LogP contribution in [0.2, 0.25) is 10.0 Å². The summed E-state index contributed by atoms with van der Waals surface area (Å²) in [7, 11) is 1.54. The third-order valence-electron chi connectivity index (χ3n) is 7.62. The molecule has 0 radical (unpaired) electrons. The van der Waals surface area contributed by atoms with Crippen molar-refractivity contribution in [3.8, 4) is 17.2 Å². The van der Waals surface area contributed by atoms with Gasteiger partial charge in [0, 0.05) is 26.9 Å². The first-order valence-corrected chi connectivity index (χ1v) is 17.5. The predicted octanol–water partition coefficient (Wildman–Crippen LogP) is 9.01. The fourth-order valence-corrected chi connectivity index (χ4v) is 6.34. The molecule has 1 aromatic heterocycles. The fraction of sp³-hybridized carbons (Fsp3) is 0.128. The van der Waals surface area contributed by atoms with Gasteiger partial charge in [-0.1, -0.05) is 65.2 Å². The Morgan fingerprint density at radius 2 is 1.77 bits per heavy atom. The molecule has 6 rings (SSSR count). The van der Waals surface area contributed by atoms with Gasteiger partial charge in [-0.05, 0) is 91.0 Å². The van der Waals surface area contributed by atoms with Crippen LogP contribution in [-0.2, 0) is 22.7 Å². The molecule has 0 bridgehead atoms. The maximum absolute atomic E-state index is 13.7. The lowest BCUT2D eigenvalue weighted by molar-refractivity contribution is -0.122. The van der Waals surface area contributed by atoms with Crippen LogP contribution in [0.1, 0.15) is 28.0 Å². The molecule has 0 atom stereocenters. The molecule has 1 saturated heterocycles. The van der Waals surface area contributed by atoms with Crippen molar-refractivity contribution in [2.75, 3.05) is 19.0 Å². The molecule has 2 amide bonds. The van der Waals surface area contributed by atoms with Gasteiger partial charge in [-0.15, -0.1) is 5.10 Å². The van der Waals surface area contributed by atoms with Gasteiger partial charge in [0.1, 0.15) is 18.1 Å². The molecule has 264 valence electrons. The van der Waals surface area contributed by atoms with Crippen molar-refractivity contribution in [3.05, 3.63) is 146 Å². The molecule has 2 heterocycles. The zero-order valence-electron chi connectivity index (χ0n) is 28.0. The van der Waals surface area contributed by atoms with Crippen molar-refractivity contribution in [2.24, 2.45) is 10.2 Å². The molecule has 1 aliphatic rings. The van der Waals surface area contributed by atoms with E-state index in [0.717, 1.165) is 22.9 Å². The molecule has 1 aliphatic heterocycles. The molecule has 4 aromatic carbocycles. The van der Waals surface area contributed by atoms with E-state index in [0.29, 0.717) is 59.9 Å². The van der Waals surface area contributed by atoms with Crippen LogP contribution in [0.25, 0.3) is 6.08 Å². The average molecular weight is 756 g/mol. The highest BCUT2D eigenvalue weighted by atomic mass is 35.5. The maximum atomic E-state index is 13.7. The quantitative estimate of drug-likeness (QED) is 0.0725. The van der Waals surface area contributed by atoms with Gasteiger partial charge in [0.25, 0.3) is 11.8 Å². The van der Waals surface area contributed by atoms with Gasteiger partial charge in [-0.25, -0.2) is 0 Å². The van der Waals surface area contributed by atoms with E-state index in [1.807, 2.05) is 49.4 Å². The standard InChI is InChI=1S/C39H32Cl2N4O6S/c1-25-9-14-30(15-10-25)43-37(46)24-51-33-8-4-3-6-27(33)19-36-38(47)45(22-31-7-5-17-49-31)39(52-36)44-42-21-26-11-16-34(35(18-26)48-2)50-23-28-12-13-29(40)20-32(28)41/h3-21H,22-24H2,1-2H3,(H,43,46)/b36-19-,42-21+,44-39-. The number of amidine groups is 1. The number of hydrogen-bond donors (Lipinski definition) is 1. The zero-order valence-corrected chi connectivity index (χ0v) is 30.4. The summed E-state index contributed by atoms with van der Waals surface area (Å²) in [4.78, 5) is 28.2. The number of thioether (sulfide) groups is 1. The minimum absolute atomic E-state index is 0.152. The molecule has 10 nitrogen and oxygen atoms in total. The van der Waals surface area contributed by atoms with E-state index in [4.69, 9.17) is 41.8 Å². The monoisotopic (exact) mass is 754 g/mol. The van der Waals surface area contributed by atoms with E-state index in [-0.39, 0.29) is 31.6 Å². The topological polar surface area (TPSA) is 115 Å². The summed E-state index contributed by atoms with van der Waals surface area (Å²) >= 11 is 13.5. The Kier molecular flexibility index (Phi) is 12.0. The molecule has 0 spiro atoms. The van der Waals surface area contributed by atoms with E-state index in [9.17, 15) is 9.59 Å². The second-order valence-electron chi connectivity index (χ2n) is 11.4. The summed E-state index contributed by atoms with van der Waals surface area (Å²) < 4.78 is 22.9. The number of carbonyl (C=O) groups is 2. The van der Waals surface area contributed by atoms with Crippen molar-refractivity contribution >= 4 is 69.9 Å². The van der Waals surface area contributed by atoms with E-state index >= 15 is 0 Å². The minimum atomic E-state index is -0.308. The molecule has 5 aromatic rings. The smallest absolute Gasteiger partial charge is 0.267 e. The van der Waals surface area contributed by atoms with Crippen molar-refractivity contribution in [2.45, 2.75) is 20.1 Å². The second-order valence-corrected chi connectivity index (χ2v) is 13.2. The highest BCUT2D eigenvalue weighted by Gasteiger charge is 2.34. The van der Waals surface area contributed by atoms with E-state index in [1.54, 1.807) is 80.3 Å². The lowest BCUT2D eigenvalue weighted by Gasteiger charge is -2.13. The number of furan rings is 1. The highest BCUT2D eigenvalue weighted by Crippen LogP contribution is 2.36. The van der Waals surface area contributed by atoms with Crippen molar-refractivity contribution in [1.29, 1.82) is 0 Å². The van der Waals surface area contributed by atoms with Crippen LogP contribution in [0.15, 0.2) is 123 Å². The predicted molar refractivity (Wildman–Crippen MR) is 205 cm³/mol. The molecule has 1 fully saturated rings. The molecule has 13 heteroatoms. The van der Waals surface area contributed by atoms with E-state index in [2.05, 4.69) is 15.5 Å². The SMILES string of the molecule is COc1cc(/C=N/N=C2\S/C(=C\c3ccccc3OCC(=O)Nc3ccc(C)cc3)C(=O)N2Cc2ccco2)ccc1OCc1ccc(Cl)cc1Cl. The van der Waals surface area contributed by atoms with Gasteiger partial charge in [0.15, 0.2) is 23.3 Å². The Balaban J connectivity index is 1.17. The highest BCUT2D eigenvalue weighted by molar-refractivity contribution is 8.18. The molecule has 0 aliphatic carbocycles.